The lowest BCUT2D eigenvalue weighted by Gasteiger charge is -2.24. The summed E-state index contributed by atoms with van der Waals surface area (Å²) in [6, 6.07) is 1.62. The molecular formula is C14H21N3O2S. The third-order valence-electron chi connectivity index (χ3n) is 3.61. The maximum Gasteiger partial charge on any atom is 0.238 e. The van der Waals surface area contributed by atoms with E-state index in [1.54, 1.807) is 19.2 Å². The van der Waals surface area contributed by atoms with Gasteiger partial charge in [0.15, 0.2) is 0 Å². The summed E-state index contributed by atoms with van der Waals surface area (Å²) in [7, 11) is -1.43. The Morgan fingerprint density at radius 3 is 2.60 bits per heavy atom. The number of nitrogens with zero attached hydrogens (tertiary/aromatic N) is 2. The van der Waals surface area contributed by atoms with Gasteiger partial charge < -0.3 is 10.6 Å². The zero-order chi connectivity index (χ0) is 14.5. The molecule has 0 bridgehead atoms. The fourth-order valence-corrected chi connectivity index (χ4v) is 3.60. The second-order valence-corrected chi connectivity index (χ2v) is 6.83. The summed E-state index contributed by atoms with van der Waals surface area (Å²) in [5.74, 6) is -0.0403. The van der Waals surface area contributed by atoms with Crippen LogP contribution in [0.3, 0.4) is 0 Å². The normalized spacial score (nSPS) is 19.1. The van der Waals surface area contributed by atoms with E-state index in [0.29, 0.717) is 10.6 Å². The maximum absolute atomic E-state index is 12.5. The molecule has 1 aliphatic rings. The molecule has 1 amide bonds. The van der Waals surface area contributed by atoms with Gasteiger partial charge in [-0.1, -0.05) is 12.8 Å². The first-order valence-electron chi connectivity index (χ1n) is 7.00. The number of carbonyl (C=O) groups is 1. The third kappa shape index (κ3) is 3.36. The minimum Gasteiger partial charge on any atom is -0.396 e. The van der Waals surface area contributed by atoms with E-state index in [1.807, 2.05) is 4.90 Å². The van der Waals surface area contributed by atoms with Crippen molar-refractivity contribution in [3.63, 3.8) is 0 Å². The Bertz CT molecular complexity index is 499. The topological polar surface area (TPSA) is 76.3 Å². The lowest BCUT2D eigenvalue weighted by atomic mass is 10.2. The Hall–Kier alpha value is -1.43. The van der Waals surface area contributed by atoms with Crippen molar-refractivity contribution in [2.24, 2.45) is 0 Å². The molecule has 0 radical (unpaired) electrons. The molecule has 0 saturated carbocycles. The lowest BCUT2D eigenvalue weighted by molar-refractivity contribution is -0.130. The highest BCUT2D eigenvalue weighted by atomic mass is 32.2. The molecule has 6 heteroatoms. The first-order chi connectivity index (χ1) is 9.61. The number of anilines is 1. The van der Waals surface area contributed by atoms with E-state index in [2.05, 4.69) is 4.98 Å². The molecule has 1 fully saturated rings. The molecule has 1 aromatic heterocycles. The zero-order valence-electron chi connectivity index (χ0n) is 11.7. The van der Waals surface area contributed by atoms with Crippen molar-refractivity contribution < 1.29 is 9.00 Å². The van der Waals surface area contributed by atoms with Crippen LogP contribution in [0.1, 0.15) is 32.6 Å². The summed E-state index contributed by atoms with van der Waals surface area (Å²) in [6.45, 7) is 3.25. The van der Waals surface area contributed by atoms with Crippen LogP contribution in [0, 0.1) is 0 Å². The Kier molecular flexibility index (Phi) is 5.11. The van der Waals surface area contributed by atoms with Crippen LogP contribution < -0.4 is 5.73 Å². The number of nitrogens with two attached hydrogens (primary N) is 1. The highest BCUT2D eigenvalue weighted by Gasteiger charge is 2.27. The fourth-order valence-electron chi connectivity index (χ4n) is 2.41. The van der Waals surface area contributed by atoms with Gasteiger partial charge in [0.25, 0.3) is 0 Å². The predicted octanol–water partition coefficient (Wildman–Crippen LogP) is 1.56. The number of pyridine rings is 1. The quantitative estimate of drug-likeness (QED) is 0.918. The number of hydrogen-bond acceptors (Lipinski definition) is 4. The second kappa shape index (κ2) is 6.83. The van der Waals surface area contributed by atoms with Crippen molar-refractivity contribution in [1.29, 1.82) is 0 Å². The molecule has 2 heterocycles. The van der Waals surface area contributed by atoms with Gasteiger partial charge in [-0.2, -0.15) is 0 Å². The van der Waals surface area contributed by atoms with E-state index < -0.39 is 16.0 Å². The monoisotopic (exact) mass is 295 g/mol. The molecule has 1 aliphatic heterocycles. The summed E-state index contributed by atoms with van der Waals surface area (Å²) in [6.07, 6.45) is 7.41. The number of hydrogen-bond donors (Lipinski definition) is 1. The zero-order valence-corrected chi connectivity index (χ0v) is 12.6. The molecular weight excluding hydrogens is 274 g/mol. The van der Waals surface area contributed by atoms with Crippen LogP contribution in [0.25, 0.3) is 0 Å². The summed E-state index contributed by atoms with van der Waals surface area (Å²) in [4.78, 5) is 18.7. The van der Waals surface area contributed by atoms with Gasteiger partial charge in [-0.3, -0.25) is 14.0 Å². The van der Waals surface area contributed by atoms with Crippen LogP contribution in [0.2, 0.25) is 0 Å². The van der Waals surface area contributed by atoms with Gasteiger partial charge in [0.2, 0.25) is 5.91 Å². The molecule has 110 valence electrons. The predicted molar refractivity (Wildman–Crippen MR) is 79.6 cm³/mol. The first-order valence-corrected chi connectivity index (χ1v) is 8.21. The molecule has 1 aromatic rings. The van der Waals surface area contributed by atoms with E-state index in [0.717, 1.165) is 25.9 Å². The highest BCUT2D eigenvalue weighted by molar-refractivity contribution is 7.86. The molecule has 0 aliphatic carbocycles. The minimum atomic E-state index is -1.43. The van der Waals surface area contributed by atoms with Crippen LogP contribution >= 0.6 is 0 Å². The molecule has 20 heavy (non-hydrogen) atoms. The molecule has 2 atom stereocenters. The van der Waals surface area contributed by atoms with Crippen molar-refractivity contribution in [1.82, 2.24) is 9.88 Å². The Balaban J connectivity index is 2.10. The fraction of sp³-hybridized carbons (Fsp3) is 0.571. The molecule has 5 nitrogen and oxygen atoms in total. The number of amides is 1. The number of nitrogen functional groups attached to an aromatic ring is 1. The molecule has 0 spiro atoms. The highest BCUT2D eigenvalue weighted by Crippen LogP contribution is 2.20. The van der Waals surface area contributed by atoms with Crippen LogP contribution in [0.15, 0.2) is 23.4 Å². The maximum atomic E-state index is 12.5. The van der Waals surface area contributed by atoms with E-state index in [1.165, 1.54) is 19.0 Å². The minimum absolute atomic E-state index is 0.0403. The average molecular weight is 295 g/mol. The summed E-state index contributed by atoms with van der Waals surface area (Å²) in [5, 5.41) is -0.571. The first kappa shape index (κ1) is 15.0. The van der Waals surface area contributed by atoms with Crippen molar-refractivity contribution in [2.45, 2.75) is 42.8 Å². The summed E-state index contributed by atoms with van der Waals surface area (Å²) < 4.78 is 12.5. The summed E-state index contributed by atoms with van der Waals surface area (Å²) in [5.41, 5.74) is 6.16. The van der Waals surface area contributed by atoms with Gasteiger partial charge in [0.1, 0.15) is 5.25 Å². The van der Waals surface area contributed by atoms with Crippen molar-refractivity contribution in [3.8, 4) is 0 Å². The van der Waals surface area contributed by atoms with Gasteiger partial charge in [0.05, 0.1) is 27.6 Å². The van der Waals surface area contributed by atoms with Crippen molar-refractivity contribution in [2.75, 3.05) is 18.8 Å². The molecule has 2 rings (SSSR count). The smallest absolute Gasteiger partial charge is 0.238 e. The van der Waals surface area contributed by atoms with Crippen LogP contribution in [-0.2, 0) is 15.6 Å². The van der Waals surface area contributed by atoms with Crippen LogP contribution in [0.4, 0.5) is 5.69 Å². The number of aromatic nitrogens is 1. The van der Waals surface area contributed by atoms with E-state index in [-0.39, 0.29) is 5.91 Å². The Labute approximate surface area is 122 Å². The third-order valence-corrected chi connectivity index (χ3v) is 5.26. The molecule has 0 aromatic carbocycles. The van der Waals surface area contributed by atoms with Crippen molar-refractivity contribution >= 4 is 22.4 Å². The molecule has 2 unspecified atom stereocenters. The van der Waals surface area contributed by atoms with Crippen LogP contribution in [-0.4, -0.2) is 38.3 Å². The summed E-state index contributed by atoms with van der Waals surface area (Å²) >= 11 is 0. The molecule has 2 N–H and O–H groups in total. The Morgan fingerprint density at radius 1 is 1.35 bits per heavy atom. The van der Waals surface area contributed by atoms with Crippen molar-refractivity contribution in [3.05, 3.63) is 18.5 Å². The second-order valence-electron chi connectivity index (χ2n) is 5.09. The largest absolute Gasteiger partial charge is 0.396 e. The number of likely N-dealkylation sites (tertiary alicyclic amines) is 1. The SMILES string of the molecule is CC(C(=O)N1CCCCCC1)S(=O)c1ccncc1N. The van der Waals surface area contributed by atoms with Gasteiger partial charge in [-0.05, 0) is 25.8 Å². The standard InChI is InChI=1S/C14H21N3O2S/c1-11(14(18)17-8-4-2-3-5-9-17)20(19)13-6-7-16-10-12(13)15/h6-7,10-11H,2-5,8-9,15H2,1H3. The number of rotatable bonds is 3. The molecule has 1 saturated heterocycles. The average Bonchev–Trinajstić information content (AvgIpc) is 2.74. The van der Waals surface area contributed by atoms with E-state index in [9.17, 15) is 9.00 Å². The number of carbonyl (C=O) groups excluding carboxylic acids is 1. The van der Waals surface area contributed by atoms with Gasteiger partial charge in [-0.15, -0.1) is 0 Å². The Morgan fingerprint density at radius 2 is 2.00 bits per heavy atom. The van der Waals surface area contributed by atoms with E-state index >= 15 is 0 Å². The van der Waals surface area contributed by atoms with Gasteiger partial charge in [0, 0.05) is 19.3 Å². The van der Waals surface area contributed by atoms with Crippen LogP contribution in [0.5, 0.6) is 0 Å². The van der Waals surface area contributed by atoms with E-state index in [4.69, 9.17) is 5.73 Å². The van der Waals surface area contributed by atoms with Gasteiger partial charge >= 0.3 is 0 Å². The van der Waals surface area contributed by atoms with Gasteiger partial charge in [-0.25, -0.2) is 0 Å². The lowest BCUT2D eigenvalue weighted by Crippen LogP contribution is -2.40.